The maximum atomic E-state index is 13.5. The molecule has 0 atom stereocenters. The minimum atomic E-state index is -1.67. The molecular weight excluding hydrogens is 272 g/mol. The summed E-state index contributed by atoms with van der Waals surface area (Å²) in [6.07, 6.45) is 2.88. The van der Waals surface area contributed by atoms with Gasteiger partial charge in [0.1, 0.15) is 5.69 Å². The zero-order valence-electron chi connectivity index (χ0n) is 10.3. The molecule has 1 heterocycles. The highest BCUT2D eigenvalue weighted by molar-refractivity contribution is 5.62. The van der Waals surface area contributed by atoms with Gasteiger partial charge in [-0.3, -0.25) is 0 Å². The zero-order valence-corrected chi connectivity index (χ0v) is 10.3. The predicted octanol–water partition coefficient (Wildman–Crippen LogP) is 3.87. The van der Waals surface area contributed by atoms with Crippen LogP contribution in [0.5, 0.6) is 0 Å². The van der Waals surface area contributed by atoms with E-state index < -0.39 is 29.2 Å². The van der Waals surface area contributed by atoms with Crippen LogP contribution in [0.25, 0.3) is 0 Å². The van der Waals surface area contributed by atoms with Crippen LogP contribution in [0.1, 0.15) is 17.5 Å². The quantitative estimate of drug-likeness (QED) is 0.668. The number of halogens is 4. The van der Waals surface area contributed by atoms with Crippen molar-refractivity contribution in [2.45, 2.75) is 19.3 Å². The number of aromatic nitrogens is 1. The van der Waals surface area contributed by atoms with Gasteiger partial charge in [0.05, 0.1) is 0 Å². The zero-order chi connectivity index (χ0) is 14.3. The Morgan fingerprint density at radius 2 is 1.55 bits per heavy atom. The van der Waals surface area contributed by atoms with E-state index in [1.807, 2.05) is 6.07 Å². The minimum absolute atomic E-state index is 0.383. The van der Waals surface area contributed by atoms with Crippen molar-refractivity contribution in [1.29, 1.82) is 0 Å². The van der Waals surface area contributed by atoms with E-state index in [-0.39, 0.29) is 0 Å². The van der Waals surface area contributed by atoms with Crippen LogP contribution in [-0.2, 0) is 12.8 Å². The fourth-order valence-corrected chi connectivity index (χ4v) is 2.39. The first-order valence-corrected chi connectivity index (χ1v) is 6.15. The fourth-order valence-electron chi connectivity index (χ4n) is 2.39. The van der Waals surface area contributed by atoms with Crippen LogP contribution in [-0.4, -0.2) is 4.98 Å². The summed E-state index contributed by atoms with van der Waals surface area (Å²) in [7, 11) is 0. The van der Waals surface area contributed by atoms with Gasteiger partial charge in [0.15, 0.2) is 0 Å². The highest BCUT2D eigenvalue weighted by Crippen LogP contribution is 2.29. The maximum Gasteiger partial charge on any atom is 0.253 e. The molecule has 1 N–H and O–H groups in total. The van der Waals surface area contributed by atoms with Crippen molar-refractivity contribution in [1.82, 2.24) is 4.98 Å². The third kappa shape index (κ3) is 2.11. The Morgan fingerprint density at radius 3 is 2.25 bits per heavy atom. The van der Waals surface area contributed by atoms with Gasteiger partial charge in [0.25, 0.3) is 11.9 Å². The van der Waals surface area contributed by atoms with Gasteiger partial charge in [-0.25, -0.2) is 0 Å². The molecule has 1 aromatic carbocycles. The molecule has 0 unspecified atom stereocenters. The molecule has 0 spiro atoms. The smallest absolute Gasteiger partial charge is 0.253 e. The van der Waals surface area contributed by atoms with Gasteiger partial charge >= 0.3 is 0 Å². The van der Waals surface area contributed by atoms with Crippen molar-refractivity contribution in [2.24, 2.45) is 0 Å². The third-order valence-electron chi connectivity index (χ3n) is 3.37. The first kappa shape index (κ1) is 12.9. The molecule has 0 saturated carbocycles. The van der Waals surface area contributed by atoms with Crippen molar-refractivity contribution < 1.29 is 17.6 Å². The van der Waals surface area contributed by atoms with Crippen LogP contribution in [0.2, 0.25) is 0 Å². The van der Waals surface area contributed by atoms with Crippen LogP contribution in [0, 0.1) is 23.5 Å². The molecular formula is C14H10F4N2. The molecule has 6 heteroatoms. The van der Waals surface area contributed by atoms with Gasteiger partial charge in [0.2, 0.25) is 11.6 Å². The number of pyridine rings is 1. The number of nitrogens with one attached hydrogen (secondary N) is 1. The summed E-state index contributed by atoms with van der Waals surface area (Å²) in [4.78, 5) is 2.51. The third-order valence-corrected chi connectivity index (χ3v) is 3.37. The van der Waals surface area contributed by atoms with E-state index in [9.17, 15) is 17.6 Å². The van der Waals surface area contributed by atoms with Gasteiger partial charge < -0.3 is 5.32 Å². The second-order valence-electron chi connectivity index (χ2n) is 4.66. The molecule has 2 nitrogen and oxygen atoms in total. The molecule has 1 aliphatic carbocycles. The van der Waals surface area contributed by atoms with Gasteiger partial charge in [-0.15, -0.1) is 0 Å². The number of hydrogen-bond acceptors (Lipinski definition) is 2. The number of benzene rings is 1. The first-order valence-electron chi connectivity index (χ1n) is 6.15. The van der Waals surface area contributed by atoms with Gasteiger partial charge in [-0.1, -0.05) is 6.07 Å². The van der Waals surface area contributed by atoms with Crippen LogP contribution < -0.4 is 5.32 Å². The number of fused-ring (bicyclic) bond motifs is 1. The molecule has 0 bridgehead atoms. The monoisotopic (exact) mass is 282 g/mol. The lowest BCUT2D eigenvalue weighted by molar-refractivity contribution is 0.411. The number of anilines is 2. The van der Waals surface area contributed by atoms with Gasteiger partial charge in [-0.05, 0) is 42.5 Å². The normalized spacial score (nSPS) is 13.4. The van der Waals surface area contributed by atoms with Crippen LogP contribution in [0.15, 0.2) is 18.2 Å². The summed E-state index contributed by atoms with van der Waals surface area (Å²) in [5.74, 6) is -6.42. The summed E-state index contributed by atoms with van der Waals surface area (Å²) in [6, 6.07) is 5.20. The Kier molecular flexibility index (Phi) is 3.08. The molecule has 20 heavy (non-hydrogen) atoms. The molecule has 0 fully saturated rings. The number of aryl methyl sites for hydroxylation is 2. The molecule has 0 aliphatic heterocycles. The fraction of sp³-hybridized carbons (Fsp3) is 0.214. The summed E-state index contributed by atoms with van der Waals surface area (Å²) >= 11 is 0. The molecule has 1 aliphatic rings. The molecule has 3 rings (SSSR count). The van der Waals surface area contributed by atoms with E-state index >= 15 is 0 Å². The van der Waals surface area contributed by atoms with E-state index in [0.717, 1.165) is 24.8 Å². The largest absolute Gasteiger partial charge is 0.350 e. The SMILES string of the molecule is Fc1nc(F)c(F)c(Nc2ccc3c(c2)CCC3)c1F. The molecule has 2 aromatic rings. The summed E-state index contributed by atoms with van der Waals surface area (Å²) in [6.45, 7) is 0. The lowest BCUT2D eigenvalue weighted by atomic mass is 10.1. The molecule has 0 radical (unpaired) electrons. The lowest BCUT2D eigenvalue weighted by Crippen LogP contribution is -2.06. The Bertz CT molecular complexity index is 659. The first-order chi connectivity index (χ1) is 9.56. The van der Waals surface area contributed by atoms with E-state index in [4.69, 9.17) is 0 Å². The van der Waals surface area contributed by atoms with Crippen LogP contribution in [0.4, 0.5) is 28.9 Å². The average molecular weight is 282 g/mol. The number of nitrogens with zero attached hydrogens (tertiary/aromatic N) is 1. The highest BCUT2D eigenvalue weighted by atomic mass is 19.2. The van der Waals surface area contributed by atoms with Crippen molar-refractivity contribution in [3.63, 3.8) is 0 Å². The second-order valence-corrected chi connectivity index (χ2v) is 4.66. The Balaban J connectivity index is 1.99. The highest BCUT2D eigenvalue weighted by Gasteiger charge is 2.21. The number of rotatable bonds is 2. The molecule has 0 amide bonds. The van der Waals surface area contributed by atoms with E-state index in [0.29, 0.717) is 5.69 Å². The van der Waals surface area contributed by atoms with Crippen LogP contribution >= 0.6 is 0 Å². The van der Waals surface area contributed by atoms with Crippen molar-refractivity contribution in [3.05, 3.63) is 52.9 Å². The standard InChI is InChI=1S/C14H10F4N2/c15-10-12(11(16)14(18)20-13(10)17)19-9-5-4-7-2-1-3-8(7)6-9/h4-6H,1-3H2,(H,19,20). The topological polar surface area (TPSA) is 24.9 Å². The Labute approximate surface area is 112 Å². The predicted molar refractivity (Wildman–Crippen MR) is 65.8 cm³/mol. The Morgan fingerprint density at radius 1 is 0.900 bits per heavy atom. The summed E-state index contributed by atoms with van der Waals surface area (Å²) in [5, 5.41) is 2.38. The summed E-state index contributed by atoms with van der Waals surface area (Å²) in [5.41, 5.74) is 1.77. The summed E-state index contributed by atoms with van der Waals surface area (Å²) < 4.78 is 53.0. The lowest BCUT2D eigenvalue weighted by Gasteiger charge is -2.10. The Hall–Kier alpha value is -2.11. The second kappa shape index (κ2) is 4.77. The minimum Gasteiger partial charge on any atom is -0.350 e. The molecule has 1 aromatic heterocycles. The number of hydrogen-bond donors (Lipinski definition) is 1. The van der Waals surface area contributed by atoms with Crippen LogP contribution in [0.3, 0.4) is 0 Å². The van der Waals surface area contributed by atoms with E-state index in [1.54, 1.807) is 12.1 Å². The molecule has 0 saturated heterocycles. The maximum absolute atomic E-state index is 13.5. The van der Waals surface area contributed by atoms with Gasteiger partial charge in [0, 0.05) is 5.69 Å². The van der Waals surface area contributed by atoms with Gasteiger partial charge in [-0.2, -0.15) is 22.5 Å². The molecule has 104 valence electrons. The van der Waals surface area contributed by atoms with E-state index in [1.165, 1.54) is 5.56 Å². The van der Waals surface area contributed by atoms with E-state index in [2.05, 4.69) is 10.3 Å². The van der Waals surface area contributed by atoms with Crippen molar-refractivity contribution >= 4 is 11.4 Å². The van der Waals surface area contributed by atoms with Crippen molar-refractivity contribution in [2.75, 3.05) is 5.32 Å². The average Bonchev–Trinajstić information content (AvgIpc) is 2.89. The van der Waals surface area contributed by atoms with Crippen molar-refractivity contribution in [3.8, 4) is 0 Å².